The lowest BCUT2D eigenvalue weighted by atomic mass is 9.97. The first-order chi connectivity index (χ1) is 10.7. The van der Waals surface area contributed by atoms with Crippen LogP contribution in [0, 0.1) is 17.2 Å². The van der Waals surface area contributed by atoms with Crippen LogP contribution in [0.3, 0.4) is 0 Å². The fraction of sp³-hybridized carbons (Fsp3) is 0.438. The van der Waals surface area contributed by atoms with E-state index in [0.717, 1.165) is 30.9 Å². The molecule has 2 fully saturated rings. The summed E-state index contributed by atoms with van der Waals surface area (Å²) in [6.07, 6.45) is 7.35. The van der Waals surface area contributed by atoms with Gasteiger partial charge in [-0.05, 0) is 31.4 Å². The van der Waals surface area contributed by atoms with Crippen LogP contribution in [-0.2, 0) is 0 Å². The van der Waals surface area contributed by atoms with E-state index in [1.807, 2.05) is 0 Å². The van der Waals surface area contributed by atoms with Gasteiger partial charge in [-0.15, -0.1) is 0 Å². The van der Waals surface area contributed by atoms with E-state index in [2.05, 4.69) is 21.3 Å². The van der Waals surface area contributed by atoms with Crippen LogP contribution in [-0.4, -0.2) is 45.9 Å². The van der Waals surface area contributed by atoms with Crippen LogP contribution in [0.5, 0.6) is 0 Å². The lowest BCUT2D eigenvalue weighted by molar-refractivity contribution is 0.0904. The summed E-state index contributed by atoms with van der Waals surface area (Å²) in [6.45, 7) is 3.27. The van der Waals surface area contributed by atoms with E-state index in [1.165, 1.54) is 13.0 Å². The average molecular weight is 295 g/mol. The van der Waals surface area contributed by atoms with Crippen molar-refractivity contribution in [1.29, 1.82) is 5.26 Å². The molecule has 2 aliphatic rings. The standard InChI is InChI=1S/C16H17N5O/c17-6-12-2-4-21-10-14(18-7-15(12)21)16(22)19-13-5-11-1-3-20(8-11)9-13/h2,4,7,10-11,13H,1,3,5,8-9H2,(H,19,22)/t11-,13+/m0/s1. The molecule has 2 saturated heterocycles. The molecule has 0 aliphatic carbocycles. The molecule has 2 aromatic rings. The van der Waals surface area contributed by atoms with Gasteiger partial charge in [-0.25, -0.2) is 4.98 Å². The van der Waals surface area contributed by atoms with Crippen LogP contribution in [0.4, 0.5) is 0 Å². The van der Waals surface area contributed by atoms with Gasteiger partial charge in [-0.2, -0.15) is 5.26 Å². The SMILES string of the molecule is N#Cc1ccn2cc(C(=O)N[C@@H]3C[C@@H]4CCN(C4)C3)ncc12. The molecule has 6 nitrogen and oxygen atoms in total. The zero-order chi connectivity index (χ0) is 15.1. The second-order valence-electron chi connectivity index (χ2n) is 6.23. The number of carbonyl (C=O) groups excluding carboxylic acids is 1. The van der Waals surface area contributed by atoms with Crippen LogP contribution < -0.4 is 5.32 Å². The summed E-state index contributed by atoms with van der Waals surface area (Å²) in [4.78, 5) is 19.0. The molecule has 4 heterocycles. The van der Waals surface area contributed by atoms with Gasteiger partial charge in [0.15, 0.2) is 0 Å². The third kappa shape index (κ3) is 2.24. The fourth-order valence-corrected chi connectivity index (χ4v) is 3.64. The number of amides is 1. The minimum Gasteiger partial charge on any atom is -0.347 e. The zero-order valence-corrected chi connectivity index (χ0v) is 12.2. The van der Waals surface area contributed by atoms with E-state index in [9.17, 15) is 4.79 Å². The Bertz CT molecular complexity index is 762. The quantitative estimate of drug-likeness (QED) is 0.898. The molecular formula is C16H17N5O. The molecule has 1 N–H and O–H groups in total. The van der Waals surface area contributed by atoms with E-state index in [1.54, 1.807) is 29.1 Å². The van der Waals surface area contributed by atoms with Gasteiger partial charge < -0.3 is 14.6 Å². The maximum atomic E-state index is 12.4. The van der Waals surface area contributed by atoms with Crippen LogP contribution in [0.25, 0.3) is 5.52 Å². The minimum atomic E-state index is -0.137. The maximum absolute atomic E-state index is 12.4. The second kappa shape index (κ2) is 5.11. The zero-order valence-electron chi connectivity index (χ0n) is 12.2. The number of nitrogens with zero attached hydrogens (tertiary/aromatic N) is 4. The monoisotopic (exact) mass is 295 g/mol. The maximum Gasteiger partial charge on any atom is 0.271 e. The molecule has 4 rings (SSSR count). The van der Waals surface area contributed by atoms with E-state index in [4.69, 9.17) is 5.26 Å². The van der Waals surface area contributed by atoms with Gasteiger partial charge in [0.25, 0.3) is 5.91 Å². The summed E-state index contributed by atoms with van der Waals surface area (Å²) in [6, 6.07) is 4.05. The Labute approximate surface area is 128 Å². The molecular weight excluding hydrogens is 278 g/mol. The van der Waals surface area contributed by atoms with Gasteiger partial charge in [0.1, 0.15) is 11.8 Å². The third-order valence-corrected chi connectivity index (χ3v) is 4.70. The van der Waals surface area contributed by atoms with E-state index < -0.39 is 0 Å². The lowest BCUT2D eigenvalue weighted by Gasteiger charge is -2.30. The summed E-state index contributed by atoms with van der Waals surface area (Å²) in [5.41, 5.74) is 1.68. The van der Waals surface area contributed by atoms with Crippen molar-refractivity contribution in [2.24, 2.45) is 5.92 Å². The molecule has 22 heavy (non-hydrogen) atoms. The van der Waals surface area contributed by atoms with Crippen LogP contribution in [0.15, 0.2) is 24.7 Å². The number of piperidine rings is 1. The van der Waals surface area contributed by atoms with Gasteiger partial charge in [-0.1, -0.05) is 0 Å². The molecule has 0 spiro atoms. The molecule has 1 unspecified atom stereocenters. The number of fused-ring (bicyclic) bond motifs is 3. The molecule has 0 radical (unpaired) electrons. The first-order valence-electron chi connectivity index (χ1n) is 7.63. The number of hydrogen-bond donors (Lipinski definition) is 1. The van der Waals surface area contributed by atoms with Crippen molar-refractivity contribution in [2.75, 3.05) is 19.6 Å². The molecule has 3 atom stereocenters. The lowest BCUT2D eigenvalue weighted by Crippen LogP contribution is -2.47. The van der Waals surface area contributed by atoms with E-state index >= 15 is 0 Å². The van der Waals surface area contributed by atoms with Crippen molar-refractivity contribution >= 4 is 11.4 Å². The summed E-state index contributed by atoms with van der Waals surface area (Å²) < 4.78 is 1.77. The Balaban J connectivity index is 1.52. The third-order valence-electron chi connectivity index (χ3n) is 4.70. The normalized spacial score (nSPS) is 26.8. The van der Waals surface area contributed by atoms with Gasteiger partial charge >= 0.3 is 0 Å². The van der Waals surface area contributed by atoms with E-state index in [-0.39, 0.29) is 11.9 Å². The highest BCUT2D eigenvalue weighted by molar-refractivity contribution is 5.92. The molecule has 6 heteroatoms. The molecule has 2 bridgehead atoms. The van der Waals surface area contributed by atoms with Crippen LogP contribution in [0.2, 0.25) is 0 Å². The van der Waals surface area contributed by atoms with Gasteiger partial charge in [0, 0.05) is 31.5 Å². The number of carbonyl (C=O) groups is 1. The topological polar surface area (TPSA) is 73.4 Å². The van der Waals surface area contributed by atoms with Gasteiger partial charge in [0.05, 0.1) is 17.3 Å². The predicted molar refractivity (Wildman–Crippen MR) is 80.3 cm³/mol. The highest BCUT2D eigenvalue weighted by atomic mass is 16.2. The first kappa shape index (κ1) is 13.3. The largest absolute Gasteiger partial charge is 0.347 e. The van der Waals surface area contributed by atoms with Gasteiger partial charge in [0.2, 0.25) is 0 Å². The molecule has 112 valence electrons. The highest BCUT2D eigenvalue weighted by Gasteiger charge is 2.33. The Kier molecular flexibility index (Phi) is 3.09. The number of aromatic nitrogens is 2. The Morgan fingerprint density at radius 3 is 3.18 bits per heavy atom. The number of nitrogens with one attached hydrogen (secondary N) is 1. The van der Waals surface area contributed by atoms with Crippen molar-refractivity contribution < 1.29 is 4.79 Å². The van der Waals surface area contributed by atoms with Crippen molar-refractivity contribution in [3.05, 3.63) is 35.9 Å². The minimum absolute atomic E-state index is 0.137. The highest BCUT2D eigenvalue weighted by Crippen LogP contribution is 2.26. The Morgan fingerprint density at radius 2 is 2.36 bits per heavy atom. The van der Waals surface area contributed by atoms with Gasteiger partial charge in [-0.3, -0.25) is 4.79 Å². The second-order valence-corrected chi connectivity index (χ2v) is 6.23. The molecule has 0 saturated carbocycles. The number of nitriles is 1. The van der Waals surface area contributed by atoms with Crippen LogP contribution >= 0.6 is 0 Å². The first-order valence-corrected chi connectivity index (χ1v) is 7.63. The predicted octanol–water partition coefficient (Wildman–Crippen LogP) is 1.03. The average Bonchev–Trinajstić information content (AvgIpc) is 3.09. The molecule has 2 aromatic heterocycles. The van der Waals surface area contributed by atoms with Crippen molar-refractivity contribution in [1.82, 2.24) is 19.6 Å². The summed E-state index contributed by atoms with van der Waals surface area (Å²) in [7, 11) is 0. The Hall–Kier alpha value is -2.39. The molecule has 1 amide bonds. The van der Waals surface area contributed by atoms with Crippen molar-refractivity contribution in [3.63, 3.8) is 0 Å². The summed E-state index contributed by atoms with van der Waals surface area (Å²) in [5, 5.41) is 12.1. The number of hydrogen-bond acceptors (Lipinski definition) is 4. The summed E-state index contributed by atoms with van der Waals surface area (Å²) >= 11 is 0. The molecule has 0 aromatic carbocycles. The smallest absolute Gasteiger partial charge is 0.271 e. The summed E-state index contributed by atoms with van der Waals surface area (Å²) in [5.74, 6) is 0.582. The number of rotatable bonds is 2. The van der Waals surface area contributed by atoms with E-state index in [0.29, 0.717) is 11.3 Å². The van der Waals surface area contributed by atoms with Crippen molar-refractivity contribution in [2.45, 2.75) is 18.9 Å². The van der Waals surface area contributed by atoms with Crippen LogP contribution in [0.1, 0.15) is 28.9 Å². The fourth-order valence-electron chi connectivity index (χ4n) is 3.64. The Morgan fingerprint density at radius 1 is 1.45 bits per heavy atom. The van der Waals surface area contributed by atoms with Crippen molar-refractivity contribution in [3.8, 4) is 6.07 Å². The molecule has 2 aliphatic heterocycles.